The first-order valence-corrected chi connectivity index (χ1v) is 6.57. The van der Waals surface area contributed by atoms with Crippen molar-refractivity contribution < 1.29 is 19.4 Å². The number of hydrogen-bond acceptors (Lipinski definition) is 3. The molecule has 0 saturated carbocycles. The fraction of sp³-hybridized carbons (Fsp3) is 0.0714. The zero-order chi connectivity index (χ0) is 15.6. The van der Waals surface area contributed by atoms with Gasteiger partial charge < -0.3 is 15.5 Å². The topological polar surface area (TPSA) is 69.6 Å². The monoisotopic (exact) mass is 329 g/mol. The van der Waals surface area contributed by atoms with Gasteiger partial charge in [-0.25, -0.2) is 9.18 Å². The molecule has 0 saturated heterocycles. The summed E-state index contributed by atoms with van der Waals surface area (Å²) in [5, 5.41) is 22.0. The number of carbonyl (C=O) groups is 1. The largest absolute Gasteiger partial charge is 0.506 e. The third-order valence-corrected chi connectivity index (χ3v) is 3.29. The van der Waals surface area contributed by atoms with E-state index in [0.717, 1.165) is 6.07 Å². The van der Waals surface area contributed by atoms with Crippen LogP contribution in [0.15, 0.2) is 30.3 Å². The van der Waals surface area contributed by atoms with E-state index in [1.807, 2.05) is 0 Å². The minimum absolute atomic E-state index is 0.115. The summed E-state index contributed by atoms with van der Waals surface area (Å²) in [5.41, 5.74) is 0.395. The number of carboxylic acid groups (broad SMARTS) is 1. The lowest BCUT2D eigenvalue weighted by atomic mass is 10.1. The minimum Gasteiger partial charge on any atom is -0.506 e. The Morgan fingerprint density at radius 2 is 1.95 bits per heavy atom. The summed E-state index contributed by atoms with van der Waals surface area (Å²) in [6.07, 6.45) is 0. The van der Waals surface area contributed by atoms with E-state index in [1.165, 1.54) is 24.3 Å². The van der Waals surface area contributed by atoms with Gasteiger partial charge in [-0.3, -0.25) is 0 Å². The zero-order valence-electron chi connectivity index (χ0n) is 10.5. The minimum atomic E-state index is -1.36. The Bertz CT molecular complexity index is 707. The molecule has 2 aromatic rings. The number of phenols is 1. The van der Waals surface area contributed by atoms with E-state index in [9.17, 15) is 14.3 Å². The maximum atomic E-state index is 13.3. The smallest absolute Gasteiger partial charge is 0.338 e. The molecule has 0 radical (unpaired) electrons. The summed E-state index contributed by atoms with van der Waals surface area (Å²) < 4.78 is 13.3. The van der Waals surface area contributed by atoms with Crippen LogP contribution in [0, 0.1) is 5.82 Å². The molecule has 0 aliphatic heterocycles. The second-order valence-corrected chi connectivity index (χ2v) is 5.09. The van der Waals surface area contributed by atoms with Crippen molar-refractivity contribution in [3.8, 4) is 5.75 Å². The number of aromatic carboxylic acids is 1. The number of nitrogens with one attached hydrogen (secondary N) is 1. The highest BCUT2D eigenvalue weighted by molar-refractivity contribution is 6.35. The van der Waals surface area contributed by atoms with Gasteiger partial charge in [0.15, 0.2) is 0 Å². The normalized spacial score (nSPS) is 10.4. The highest BCUT2D eigenvalue weighted by atomic mass is 35.5. The third kappa shape index (κ3) is 3.56. The summed E-state index contributed by atoms with van der Waals surface area (Å²) in [4.78, 5) is 10.8. The molecule has 110 valence electrons. The first-order chi connectivity index (χ1) is 9.88. The van der Waals surface area contributed by atoms with Crippen molar-refractivity contribution in [3.63, 3.8) is 0 Å². The van der Waals surface area contributed by atoms with Crippen LogP contribution in [0.1, 0.15) is 15.9 Å². The Labute approximate surface area is 129 Å². The lowest BCUT2D eigenvalue weighted by molar-refractivity contribution is 0.0692. The first-order valence-electron chi connectivity index (χ1n) is 5.82. The number of hydrogen-bond donors (Lipinski definition) is 3. The molecule has 3 N–H and O–H groups in total. The average Bonchev–Trinajstić information content (AvgIpc) is 2.42. The van der Waals surface area contributed by atoms with Crippen molar-refractivity contribution in [3.05, 3.63) is 57.3 Å². The van der Waals surface area contributed by atoms with Crippen LogP contribution < -0.4 is 5.32 Å². The molecule has 0 heterocycles. The molecule has 0 aromatic heterocycles. The van der Waals surface area contributed by atoms with Crippen LogP contribution in [-0.4, -0.2) is 16.2 Å². The Kier molecular flexibility index (Phi) is 4.55. The van der Waals surface area contributed by atoms with Gasteiger partial charge in [0.25, 0.3) is 0 Å². The molecule has 21 heavy (non-hydrogen) atoms. The Balaban J connectivity index is 2.21. The SMILES string of the molecule is O=C(O)c1cc(NCc2cc(Cl)cc(Cl)c2O)ccc1F. The van der Waals surface area contributed by atoms with Crippen LogP contribution in [0.25, 0.3) is 0 Å². The maximum Gasteiger partial charge on any atom is 0.338 e. The summed E-state index contributed by atoms with van der Waals surface area (Å²) >= 11 is 11.6. The number of anilines is 1. The highest BCUT2D eigenvalue weighted by Gasteiger charge is 2.12. The van der Waals surface area contributed by atoms with Crippen molar-refractivity contribution >= 4 is 34.9 Å². The van der Waals surface area contributed by atoms with Gasteiger partial charge in [0.2, 0.25) is 0 Å². The fourth-order valence-corrected chi connectivity index (χ4v) is 2.29. The van der Waals surface area contributed by atoms with Crippen LogP contribution in [0.4, 0.5) is 10.1 Å². The second kappa shape index (κ2) is 6.20. The number of halogens is 3. The summed E-state index contributed by atoms with van der Waals surface area (Å²) in [6, 6.07) is 6.54. The molecule has 0 aliphatic rings. The van der Waals surface area contributed by atoms with Crippen molar-refractivity contribution in [1.82, 2.24) is 0 Å². The van der Waals surface area contributed by atoms with Gasteiger partial charge in [-0.1, -0.05) is 23.2 Å². The summed E-state index contributed by atoms with van der Waals surface area (Å²) in [7, 11) is 0. The molecule has 7 heteroatoms. The van der Waals surface area contributed by atoms with Crippen LogP contribution in [-0.2, 0) is 6.54 Å². The van der Waals surface area contributed by atoms with Crippen molar-refractivity contribution in [2.75, 3.05) is 5.32 Å². The quantitative estimate of drug-likeness (QED) is 0.788. The van der Waals surface area contributed by atoms with E-state index in [2.05, 4.69) is 5.32 Å². The number of rotatable bonds is 4. The van der Waals surface area contributed by atoms with Gasteiger partial charge in [-0.2, -0.15) is 0 Å². The molecular formula is C14H10Cl2FNO3. The molecule has 0 fully saturated rings. The maximum absolute atomic E-state index is 13.3. The summed E-state index contributed by atoms with van der Waals surface area (Å²) in [5.74, 6) is -2.29. The van der Waals surface area contributed by atoms with E-state index >= 15 is 0 Å². The molecule has 0 unspecified atom stereocenters. The van der Waals surface area contributed by atoms with Gasteiger partial charge in [0.05, 0.1) is 10.6 Å². The molecule has 4 nitrogen and oxygen atoms in total. The number of carboxylic acids is 1. The molecule has 2 rings (SSSR count). The molecule has 0 amide bonds. The van der Waals surface area contributed by atoms with Gasteiger partial charge in [-0.05, 0) is 30.3 Å². The molecule has 2 aromatic carbocycles. The van der Waals surface area contributed by atoms with E-state index in [4.69, 9.17) is 28.3 Å². The zero-order valence-corrected chi connectivity index (χ0v) is 12.0. The average molecular weight is 330 g/mol. The fourth-order valence-electron chi connectivity index (χ4n) is 1.75. The molecule has 0 spiro atoms. The predicted octanol–water partition coefficient (Wildman–Crippen LogP) is 4.15. The molecule has 0 aliphatic carbocycles. The number of phenolic OH excluding ortho intramolecular Hbond substituents is 1. The number of aromatic hydroxyl groups is 1. The standard InChI is InChI=1S/C14H10Cl2FNO3/c15-8-3-7(13(19)11(16)4-8)6-18-9-1-2-12(17)10(5-9)14(20)21/h1-5,18-19H,6H2,(H,20,21). The Morgan fingerprint density at radius 1 is 1.24 bits per heavy atom. The van der Waals surface area contributed by atoms with E-state index in [-0.39, 0.29) is 17.3 Å². The Hall–Kier alpha value is -1.98. The number of benzene rings is 2. The van der Waals surface area contributed by atoms with E-state index in [1.54, 1.807) is 0 Å². The van der Waals surface area contributed by atoms with E-state index in [0.29, 0.717) is 16.3 Å². The van der Waals surface area contributed by atoms with Gasteiger partial charge in [0, 0.05) is 22.8 Å². The van der Waals surface area contributed by atoms with Gasteiger partial charge in [0.1, 0.15) is 11.6 Å². The molecule has 0 atom stereocenters. The van der Waals surface area contributed by atoms with Gasteiger partial charge >= 0.3 is 5.97 Å². The second-order valence-electron chi connectivity index (χ2n) is 4.25. The van der Waals surface area contributed by atoms with E-state index < -0.39 is 17.3 Å². The van der Waals surface area contributed by atoms with Crippen molar-refractivity contribution in [2.45, 2.75) is 6.54 Å². The predicted molar refractivity (Wildman–Crippen MR) is 78.8 cm³/mol. The molecule has 0 bridgehead atoms. The third-order valence-electron chi connectivity index (χ3n) is 2.79. The van der Waals surface area contributed by atoms with Crippen LogP contribution in [0.2, 0.25) is 10.0 Å². The lowest BCUT2D eigenvalue weighted by Crippen LogP contribution is -2.04. The summed E-state index contributed by atoms with van der Waals surface area (Å²) in [6.45, 7) is 0.150. The highest BCUT2D eigenvalue weighted by Crippen LogP contribution is 2.31. The first kappa shape index (κ1) is 15.4. The van der Waals surface area contributed by atoms with Gasteiger partial charge in [-0.15, -0.1) is 0 Å². The van der Waals surface area contributed by atoms with Crippen LogP contribution in [0.5, 0.6) is 5.75 Å². The van der Waals surface area contributed by atoms with Crippen LogP contribution >= 0.6 is 23.2 Å². The Morgan fingerprint density at radius 3 is 2.62 bits per heavy atom. The lowest BCUT2D eigenvalue weighted by Gasteiger charge is -2.10. The van der Waals surface area contributed by atoms with Crippen LogP contribution in [0.3, 0.4) is 0 Å². The van der Waals surface area contributed by atoms with Crippen molar-refractivity contribution in [2.24, 2.45) is 0 Å². The molecular weight excluding hydrogens is 320 g/mol. The van der Waals surface area contributed by atoms with Crippen molar-refractivity contribution in [1.29, 1.82) is 0 Å².